The van der Waals surface area contributed by atoms with E-state index in [9.17, 15) is 4.79 Å². The molecule has 2 fully saturated rings. The molecule has 2 atom stereocenters. The maximum absolute atomic E-state index is 12.3. The number of benzene rings is 1. The SMILES string of the molecule is C=C1CC2COC(=O)C2(Cc2cc3c(cc2Cl)OCO3)C1. The minimum absolute atomic E-state index is 0.125. The van der Waals surface area contributed by atoms with Gasteiger partial charge in [-0.05, 0) is 30.9 Å². The van der Waals surface area contributed by atoms with E-state index in [0.717, 1.165) is 17.6 Å². The van der Waals surface area contributed by atoms with Crippen molar-refractivity contribution in [2.75, 3.05) is 13.4 Å². The van der Waals surface area contributed by atoms with Gasteiger partial charge in [-0.15, -0.1) is 0 Å². The van der Waals surface area contributed by atoms with Crippen LogP contribution in [-0.2, 0) is 16.0 Å². The Kier molecular flexibility index (Phi) is 2.73. The van der Waals surface area contributed by atoms with E-state index in [4.69, 9.17) is 25.8 Å². The van der Waals surface area contributed by atoms with Crippen LogP contribution < -0.4 is 9.47 Å². The molecule has 2 aliphatic heterocycles. The Hall–Kier alpha value is -1.68. The van der Waals surface area contributed by atoms with Gasteiger partial charge in [0, 0.05) is 17.0 Å². The van der Waals surface area contributed by atoms with Gasteiger partial charge in [0.2, 0.25) is 6.79 Å². The highest BCUT2D eigenvalue weighted by molar-refractivity contribution is 6.31. The molecule has 2 unspecified atom stereocenters. The zero-order valence-electron chi connectivity index (χ0n) is 11.5. The van der Waals surface area contributed by atoms with Crippen LogP contribution in [-0.4, -0.2) is 19.4 Å². The maximum atomic E-state index is 12.3. The summed E-state index contributed by atoms with van der Waals surface area (Å²) in [6.07, 6.45) is 2.10. The molecule has 1 aromatic carbocycles. The number of rotatable bonds is 2. The highest BCUT2D eigenvalue weighted by Crippen LogP contribution is 2.53. The third-order valence-electron chi connectivity index (χ3n) is 4.75. The van der Waals surface area contributed by atoms with Crippen molar-refractivity contribution >= 4 is 17.6 Å². The summed E-state index contributed by atoms with van der Waals surface area (Å²) in [6, 6.07) is 3.64. The lowest BCUT2D eigenvalue weighted by molar-refractivity contribution is -0.146. The number of carbonyl (C=O) groups is 1. The van der Waals surface area contributed by atoms with Gasteiger partial charge in [0.15, 0.2) is 11.5 Å². The van der Waals surface area contributed by atoms with E-state index >= 15 is 0 Å². The van der Waals surface area contributed by atoms with E-state index < -0.39 is 5.41 Å². The Bertz CT molecular complexity index is 654. The largest absolute Gasteiger partial charge is 0.465 e. The topological polar surface area (TPSA) is 44.8 Å². The minimum Gasteiger partial charge on any atom is -0.465 e. The number of ether oxygens (including phenoxy) is 3. The second-order valence-corrected chi connectivity index (χ2v) is 6.46. The molecule has 0 aromatic heterocycles. The van der Waals surface area contributed by atoms with Crippen molar-refractivity contribution in [2.45, 2.75) is 19.3 Å². The Morgan fingerprint density at radius 3 is 2.86 bits per heavy atom. The van der Waals surface area contributed by atoms with Crippen LogP contribution in [0.1, 0.15) is 18.4 Å². The minimum atomic E-state index is -0.506. The summed E-state index contributed by atoms with van der Waals surface area (Å²) in [4.78, 5) is 12.3. The van der Waals surface area contributed by atoms with Gasteiger partial charge in [0.1, 0.15) is 0 Å². The first kappa shape index (κ1) is 13.0. The molecule has 3 aliphatic rings. The van der Waals surface area contributed by atoms with E-state index in [0.29, 0.717) is 36.0 Å². The molecule has 0 bridgehead atoms. The molecule has 4 rings (SSSR count). The molecule has 1 saturated carbocycles. The van der Waals surface area contributed by atoms with Crippen molar-refractivity contribution in [3.63, 3.8) is 0 Å². The van der Waals surface area contributed by atoms with Crippen LogP contribution in [0.15, 0.2) is 24.3 Å². The average molecular weight is 307 g/mol. The Morgan fingerprint density at radius 2 is 2.05 bits per heavy atom. The van der Waals surface area contributed by atoms with Crippen molar-refractivity contribution < 1.29 is 19.0 Å². The summed E-state index contributed by atoms with van der Waals surface area (Å²) < 4.78 is 16.0. The van der Waals surface area contributed by atoms with Crippen LogP contribution in [0.3, 0.4) is 0 Å². The van der Waals surface area contributed by atoms with E-state index in [2.05, 4.69) is 6.58 Å². The molecular weight excluding hydrogens is 292 g/mol. The monoisotopic (exact) mass is 306 g/mol. The molecule has 0 spiro atoms. The second-order valence-electron chi connectivity index (χ2n) is 6.06. The van der Waals surface area contributed by atoms with Crippen LogP contribution in [0.25, 0.3) is 0 Å². The van der Waals surface area contributed by atoms with Gasteiger partial charge >= 0.3 is 5.97 Å². The zero-order chi connectivity index (χ0) is 14.6. The lowest BCUT2D eigenvalue weighted by atomic mass is 9.75. The summed E-state index contributed by atoms with van der Waals surface area (Å²) >= 11 is 6.35. The molecule has 5 heteroatoms. The number of hydrogen-bond acceptors (Lipinski definition) is 4. The van der Waals surface area contributed by atoms with Crippen molar-refractivity contribution in [1.29, 1.82) is 0 Å². The fraction of sp³-hybridized carbons (Fsp3) is 0.438. The van der Waals surface area contributed by atoms with Crippen LogP contribution in [0.5, 0.6) is 11.5 Å². The molecule has 2 heterocycles. The van der Waals surface area contributed by atoms with Gasteiger partial charge in [-0.2, -0.15) is 0 Å². The Balaban J connectivity index is 1.72. The summed E-state index contributed by atoms with van der Waals surface area (Å²) in [5.41, 5.74) is 1.52. The van der Waals surface area contributed by atoms with Crippen LogP contribution >= 0.6 is 11.6 Å². The van der Waals surface area contributed by atoms with E-state index in [1.807, 2.05) is 6.07 Å². The predicted octanol–water partition coefficient (Wildman–Crippen LogP) is 3.12. The first-order valence-corrected chi connectivity index (χ1v) is 7.38. The summed E-state index contributed by atoms with van der Waals surface area (Å²) in [7, 11) is 0. The smallest absolute Gasteiger partial charge is 0.313 e. The van der Waals surface area contributed by atoms with Gasteiger partial charge in [-0.25, -0.2) is 0 Å². The molecule has 21 heavy (non-hydrogen) atoms. The maximum Gasteiger partial charge on any atom is 0.313 e. The van der Waals surface area contributed by atoms with E-state index in [1.54, 1.807) is 6.07 Å². The normalized spacial score (nSPS) is 29.7. The number of halogens is 1. The summed E-state index contributed by atoms with van der Waals surface area (Å²) in [5.74, 6) is 1.42. The van der Waals surface area contributed by atoms with Crippen LogP contribution in [0, 0.1) is 11.3 Å². The third-order valence-corrected chi connectivity index (χ3v) is 5.10. The first-order chi connectivity index (χ1) is 10.1. The standard InChI is InChI=1S/C16H15ClO4/c1-9-2-11-7-19-15(18)16(11,5-9)6-10-3-13-14(4-12(10)17)21-8-20-13/h3-4,11H,1-2,5-8H2. The molecule has 0 radical (unpaired) electrons. The van der Waals surface area contributed by atoms with Gasteiger partial charge in [0.05, 0.1) is 12.0 Å². The van der Waals surface area contributed by atoms with Crippen molar-refractivity contribution in [3.8, 4) is 11.5 Å². The molecule has 110 valence electrons. The van der Waals surface area contributed by atoms with E-state index in [1.165, 1.54) is 0 Å². The lowest BCUT2D eigenvalue weighted by Crippen LogP contribution is -2.31. The average Bonchev–Trinajstić information content (AvgIpc) is 3.07. The number of esters is 1. The highest BCUT2D eigenvalue weighted by atomic mass is 35.5. The van der Waals surface area contributed by atoms with Crippen LogP contribution in [0.4, 0.5) is 0 Å². The number of fused-ring (bicyclic) bond motifs is 2. The number of carbonyl (C=O) groups excluding carboxylic acids is 1. The fourth-order valence-corrected chi connectivity index (χ4v) is 3.92. The van der Waals surface area contributed by atoms with Crippen LogP contribution in [0.2, 0.25) is 5.02 Å². The molecule has 0 N–H and O–H groups in total. The Labute approximate surface area is 127 Å². The van der Waals surface area contributed by atoms with Gasteiger partial charge in [-0.1, -0.05) is 23.8 Å². The molecule has 1 saturated heterocycles. The second kappa shape index (κ2) is 4.41. The van der Waals surface area contributed by atoms with Crippen molar-refractivity contribution in [3.05, 3.63) is 34.9 Å². The molecular formula is C16H15ClO4. The molecule has 1 aliphatic carbocycles. The van der Waals surface area contributed by atoms with Gasteiger partial charge in [0.25, 0.3) is 0 Å². The quantitative estimate of drug-likeness (QED) is 0.622. The number of hydrogen-bond donors (Lipinski definition) is 0. The molecule has 0 amide bonds. The number of allylic oxidation sites excluding steroid dienone is 1. The van der Waals surface area contributed by atoms with Gasteiger partial charge in [-0.3, -0.25) is 4.79 Å². The fourth-order valence-electron chi connectivity index (χ4n) is 3.70. The molecule has 1 aromatic rings. The number of cyclic esters (lactones) is 1. The Morgan fingerprint density at radius 1 is 1.29 bits per heavy atom. The zero-order valence-corrected chi connectivity index (χ0v) is 12.2. The third kappa shape index (κ3) is 1.85. The highest BCUT2D eigenvalue weighted by Gasteiger charge is 2.56. The lowest BCUT2D eigenvalue weighted by Gasteiger charge is -2.24. The summed E-state index contributed by atoms with van der Waals surface area (Å²) in [5, 5.41) is 0.601. The van der Waals surface area contributed by atoms with Gasteiger partial charge < -0.3 is 14.2 Å². The molecule has 4 nitrogen and oxygen atoms in total. The van der Waals surface area contributed by atoms with Crippen molar-refractivity contribution in [1.82, 2.24) is 0 Å². The predicted molar refractivity (Wildman–Crippen MR) is 76.5 cm³/mol. The first-order valence-electron chi connectivity index (χ1n) is 7.00. The van der Waals surface area contributed by atoms with Crippen molar-refractivity contribution in [2.24, 2.45) is 11.3 Å². The van der Waals surface area contributed by atoms with E-state index in [-0.39, 0.29) is 18.7 Å². The summed E-state index contributed by atoms with van der Waals surface area (Å²) in [6.45, 7) is 4.75.